The molecule has 0 aromatic rings. The summed E-state index contributed by atoms with van der Waals surface area (Å²) in [5.41, 5.74) is 0. The molecule has 2 nitrogen and oxygen atoms in total. The van der Waals surface area contributed by atoms with E-state index in [2.05, 4.69) is 13.8 Å². The van der Waals surface area contributed by atoms with Crippen molar-refractivity contribution >= 4 is 16.6 Å². The molecule has 0 heterocycles. The number of ketones is 1. The number of Topliss-reactive ketones (excluding diaryl/α,β-unsaturated/α-hetero) is 1. The first-order valence-electron chi connectivity index (χ1n) is 5.43. The zero-order valence-corrected chi connectivity index (χ0v) is 10.4. The Bertz CT molecular complexity index is 188. The van der Waals surface area contributed by atoms with Crippen molar-refractivity contribution in [1.29, 1.82) is 0 Å². The first-order valence-corrected chi connectivity index (χ1v) is 6.91. The highest BCUT2D eigenvalue weighted by Crippen LogP contribution is 2.03. The second-order valence-corrected chi connectivity index (χ2v) is 5.72. The number of hydrogen-bond donors (Lipinski definition) is 0. The summed E-state index contributed by atoms with van der Waals surface area (Å²) >= 11 is 0. The van der Waals surface area contributed by atoms with Crippen molar-refractivity contribution in [3.05, 3.63) is 0 Å². The first kappa shape index (κ1) is 13.8. The van der Waals surface area contributed by atoms with E-state index in [1.165, 1.54) is 0 Å². The molecular weight excluding hydrogens is 196 g/mol. The third kappa shape index (κ3) is 8.42. The molecule has 3 heteroatoms. The molecule has 0 saturated heterocycles. The van der Waals surface area contributed by atoms with E-state index in [4.69, 9.17) is 0 Å². The molecule has 14 heavy (non-hydrogen) atoms. The Morgan fingerprint density at radius 1 is 1.29 bits per heavy atom. The van der Waals surface area contributed by atoms with Gasteiger partial charge < -0.3 is 0 Å². The Balaban J connectivity index is 3.40. The maximum Gasteiger partial charge on any atom is 0.132 e. The number of carbonyl (C=O) groups is 1. The Hall–Kier alpha value is -0.180. The van der Waals surface area contributed by atoms with E-state index in [1.54, 1.807) is 0 Å². The predicted octanol–water partition coefficient (Wildman–Crippen LogP) is 2.54. The van der Waals surface area contributed by atoms with Crippen LogP contribution in [0.1, 0.15) is 46.5 Å². The molecule has 0 spiro atoms. The molecule has 0 fully saturated rings. The van der Waals surface area contributed by atoms with Crippen molar-refractivity contribution in [1.82, 2.24) is 0 Å². The topological polar surface area (TPSA) is 34.1 Å². The van der Waals surface area contributed by atoms with Crippen LogP contribution >= 0.6 is 0 Å². The van der Waals surface area contributed by atoms with Crippen LogP contribution in [0.5, 0.6) is 0 Å². The normalized spacial score (nSPS) is 13.1. The fourth-order valence-corrected chi connectivity index (χ4v) is 2.48. The van der Waals surface area contributed by atoms with Gasteiger partial charge in [0, 0.05) is 35.1 Å². The molecule has 84 valence electrons. The molecule has 0 aromatic heterocycles. The van der Waals surface area contributed by atoms with Gasteiger partial charge >= 0.3 is 0 Å². The smallest absolute Gasteiger partial charge is 0.132 e. The van der Waals surface area contributed by atoms with Gasteiger partial charge in [0.25, 0.3) is 0 Å². The quantitative estimate of drug-likeness (QED) is 0.627. The molecule has 0 aliphatic heterocycles. The second-order valence-electron chi connectivity index (χ2n) is 4.03. The minimum atomic E-state index is -0.711. The van der Waals surface area contributed by atoms with Gasteiger partial charge in [-0.15, -0.1) is 0 Å². The van der Waals surface area contributed by atoms with Gasteiger partial charge in [-0.3, -0.25) is 9.00 Å². The summed E-state index contributed by atoms with van der Waals surface area (Å²) in [6, 6.07) is 0. The van der Waals surface area contributed by atoms with Crippen molar-refractivity contribution in [3.8, 4) is 0 Å². The van der Waals surface area contributed by atoms with E-state index < -0.39 is 10.8 Å². The molecule has 1 atom stereocenters. The molecule has 0 aliphatic rings. The molecule has 0 N–H and O–H groups in total. The highest BCUT2D eigenvalue weighted by atomic mass is 32.2. The largest absolute Gasteiger partial charge is 0.300 e. The summed E-state index contributed by atoms with van der Waals surface area (Å²) in [7, 11) is -0.711. The van der Waals surface area contributed by atoms with Gasteiger partial charge in [0.2, 0.25) is 0 Å². The molecule has 0 saturated carbocycles. The third-order valence-corrected chi connectivity index (χ3v) is 3.58. The lowest BCUT2D eigenvalue weighted by Crippen LogP contribution is -2.07. The fraction of sp³-hybridized carbons (Fsp3) is 0.909. The molecule has 1 unspecified atom stereocenters. The van der Waals surface area contributed by atoms with Gasteiger partial charge in [0.15, 0.2) is 0 Å². The molecule has 0 amide bonds. The van der Waals surface area contributed by atoms with E-state index in [1.807, 2.05) is 6.92 Å². The van der Waals surface area contributed by atoms with Gasteiger partial charge in [0.1, 0.15) is 5.78 Å². The van der Waals surface area contributed by atoms with Crippen molar-refractivity contribution in [2.24, 2.45) is 5.92 Å². The molecule has 0 rings (SSSR count). The van der Waals surface area contributed by atoms with E-state index in [0.717, 1.165) is 18.6 Å². The fourth-order valence-electron chi connectivity index (χ4n) is 1.08. The highest BCUT2D eigenvalue weighted by Gasteiger charge is 2.03. The van der Waals surface area contributed by atoms with Crippen LogP contribution in [0.15, 0.2) is 0 Å². The second kappa shape index (κ2) is 8.16. The maximum atomic E-state index is 11.4. The van der Waals surface area contributed by atoms with Crippen LogP contribution in [0.4, 0.5) is 0 Å². The predicted molar refractivity (Wildman–Crippen MR) is 61.9 cm³/mol. The van der Waals surface area contributed by atoms with Gasteiger partial charge in [-0.1, -0.05) is 20.8 Å². The number of carbonyl (C=O) groups excluding carboxylic acids is 1. The summed E-state index contributed by atoms with van der Waals surface area (Å²) in [4.78, 5) is 11.0. The van der Waals surface area contributed by atoms with Gasteiger partial charge in [0.05, 0.1) is 0 Å². The van der Waals surface area contributed by atoms with Crippen molar-refractivity contribution in [2.45, 2.75) is 46.5 Å². The van der Waals surface area contributed by atoms with Gasteiger partial charge in [-0.25, -0.2) is 0 Å². The van der Waals surface area contributed by atoms with Crippen LogP contribution in [0.2, 0.25) is 0 Å². The lowest BCUT2D eigenvalue weighted by atomic mass is 10.2. The third-order valence-electron chi connectivity index (χ3n) is 2.14. The Morgan fingerprint density at radius 3 is 2.43 bits per heavy atom. The molecule has 0 bridgehead atoms. The average Bonchev–Trinajstić information content (AvgIpc) is 2.14. The van der Waals surface area contributed by atoms with E-state index >= 15 is 0 Å². The number of hydrogen-bond acceptors (Lipinski definition) is 2. The minimum Gasteiger partial charge on any atom is -0.300 e. The highest BCUT2D eigenvalue weighted by molar-refractivity contribution is 7.84. The average molecular weight is 218 g/mol. The SMILES string of the molecule is CCC(=O)CCCS(=O)CCC(C)C. The summed E-state index contributed by atoms with van der Waals surface area (Å²) in [5, 5.41) is 0. The molecule has 0 radical (unpaired) electrons. The molecule has 0 aliphatic carbocycles. The van der Waals surface area contributed by atoms with Crippen molar-refractivity contribution < 1.29 is 9.00 Å². The monoisotopic (exact) mass is 218 g/mol. The minimum absolute atomic E-state index is 0.283. The molecule has 0 aromatic carbocycles. The Kier molecular flexibility index (Phi) is 8.05. The first-order chi connectivity index (χ1) is 6.56. The van der Waals surface area contributed by atoms with Crippen LogP contribution in [-0.4, -0.2) is 21.5 Å². The summed E-state index contributed by atoms with van der Waals surface area (Å²) in [6.07, 6.45) is 3.02. The van der Waals surface area contributed by atoms with Gasteiger partial charge in [-0.2, -0.15) is 0 Å². The van der Waals surface area contributed by atoms with Crippen LogP contribution in [-0.2, 0) is 15.6 Å². The van der Waals surface area contributed by atoms with Gasteiger partial charge in [-0.05, 0) is 18.8 Å². The molecular formula is C11H22O2S. The standard InChI is InChI=1S/C11H22O2S/c1-4-11(12)6-5-8-14(13)9-7-10(2)3/h10H,4-9H2,1-3H3. The lowest BCUT2D eigenvalue weighted by Gasteiger charge is -2.04. The zero-order valence-electron chi connectivity index (χ0n) is 9.54. The van der Waals surface area contributed by atoms with Crippen LogP contribution in [0, 0.1) is 5.92 Å². The van der Waals surface area contributed by atoms with Crippen molar-refractivity contribution in [3.63, 3.8) is 0 Å². The summed E-state index contributed by atoms with van der Waals surface area (Å²) < 4.78 is 11.4. The van der Waals surface area contributed by atoms with Crippen LogP contribution < -0.4 is 0 Å². The maximum absolute atomic E-state index is 11.4. The van der Waals surface area contributed by atoms with Crippen LogP contribution in [0.25, 0.3) is 0 Å². The van der Waals surface area contributed by atoms with E-state index in [0.29, 0.717) is 24.5 Å². The summed E-state index contributed by atoms with van der Waals surface area (Å²) in [5.74, 6) is 2.39. The van der Waals surface area contributed by atoms with Crippen LogP contribution in [0.3, 0.4) is 0 Å². The van der Waals surface area contributed by atoms with Crippen molar-refractivity contribution in [2.75, 3.05) is 11.5 Å². The lowest BCUT2D eigenvalue weighted by molar-refractivity contribution is -0.118. The summed E-state index contributed by atoms with van der Waals surface area (Å²) in [6.45, 7) is 6.15. The zero-order chi connectivity index (χ0) is 11.0. The number of rotatable bonds is 8. The van der Waals surface area contributed by atoms with E-state index in [9.17, 15) is 9.00 Å². The van der Waals surface area contributed by atoms with E-state index in [-0.39, 0.29) is 5.78 Å². The Labute approximate surface area is 89.9 Å². The Morgan fingerprint density at radius 2 is 1.93 bits per heavy atom.